The Morgan fingerprint density at radius 2 is 2.11 bits per heavy atom. The molecular formula is C14H19ClN4. The number of hydrogen-bond acceptors (Lipinski definition) is 3. The number of aryl methyl sites for hydroxylation is 1. The summed E-state index contributed by atoms with van der Waals surface area (Å²) in [6, 6.07) is 5.82. The molecule has 0 aliphatic carbocycles. The number of benzene rings is 1. The van der Waals surface area contributed by atoms with Crippen molar-refractivity contribution in [2.24, 2.45) is 5.73 Å². The zero-order valence-corrected chi connectivity index (χ0v) is 12.3. The van der Waals surface area contributed by atoms with E-state index in [1.54, 1.807) is 0 Å². The molecule has 1 atom stereocenters. The third-order valence-corrected chi connectivity index (χ3v) is 3.73. The summed E-state index contributed by atoms with van der Waals surface area (Å²) in [6.07, 6.45) is 1.68. The van der Waals surface area contributed by atoms with E-state index >= 15 is 0 Å². The fourth-order valence-electron chi connectivity index (χ4n) is 2.05. The highest BCUT2D eigenvalue weighted by Gasteiger charge is 2.17. The van der Waals surface area contributed by atoms with E-state index < -0.39 is 0 Å². The molecule has 0 amide bonds. The quantitative estimate of drug-likeness (QED) is 0.934. The van der Waals surface area contributed by atoms with Crippen molar-refractivity contribution in [1.29, 1.82) is 0 Å². The fourth-order valence-corrected chi connectivity index (χ4v) is 2.22. The van der Waals surface area contributed by atoms with E-state index in [0.717, 1.165) is 40.5 Å². The minimum Gasteiger partial charge on any atom is -0.323 e. The second-order valence-electron chi connectivity index (χ2n) is 4.63. The summed E-state index contributed by atoms with van der Waals surface area (Å²) in [5, 5.41) is 9.19. The minimum absolute atomic E-state index is 0.0652. The molecule has 0 radical (unpaired) electrons. The lowest BCUT2D eigenvalue weighted by atomic mass is 10.1. The molecule has 4 nitrogen and oxygen atoms in total. The third kappa shape index (κ3) is 2.65. The molecule has 2 N–H and O–H groups in total. The molecule has 2 rings (SSSR count). The van der Waals surface area contributed by atoms with E-state index in [9.17, 15) is 0 Å². The molecule has 1 aromatic heterocycles. The van der Waals surface area contributed by atoms with Gasteiger partial charge in [0.15, 0.2) is 0 Å². The average molecular weight is 279 g/mol. The van der Waals surface area contributed by atoms with Gasteiger partial charge in [0.25, 0.3) is 0 Å². The Bertz CT molecular complexity index is 577. The Morgan fingerprint density at radius 1 is 1.37 bits per heavy atom. The predicted octanol–water partition coefficient (Wildman–Crippen LogP) is 3.20. The summed E-state index contributed by atoms with van der Waals surface area (Å²) in [4.78, 5) is 0. The van der Waals surface area contributed by atoms with Gasteiger partial charge in [-0.3, -0.25) is 0 Å². The van der Waals surface area contributed by atoms with Gasteiger partial charge in [0.2, 0.25) is 0 Å². The van der Waals surface area contributed by atoms with Crippen molar-refractivity contribution >= 4 is 11.6 Å². The summed E-state index contributed by atoms with van der Waals surface area (Å²) in [7, 11) is 0. The molecule has 0 spiro atoms. The molecular weight excluding hydrogens is 260 g/mol. The van der Waals surface area contributed by atoms with Crippen LogP contribution in [-0.2, 0) is 6.42 Å². The number of nitrogens with zero attached hydrogens (tertiary/aromatic N) is 3. The maximum atomic E-state index is 6.17. The van der Waals surface area contributed by atoms with Crippen LogP contribution in [0, 0.1) is 6.92 Å². The SMILES string of the molecule is CCc1c(C(N)CC)nnn1-c1ccc(C)c(Cl)c1. The molecule has 1 unspecified atom stereocenters. The topological polar surface area (TPSA) is 56.7 Å². The number of halogens is 1. The van der Waals surface area contributed by atoms with Crippen LogP contribution in [0.15, 0.2) is 18.2 Å². The Kier molecular flexibility index (Phi) is 4.22. The molecule has 0 aliphatic rings. The van der Waals surface area contributed by atoms with Gasteiger partial charge < -0.3 is 5.73 Å². The smallest absolute Gasteiger partial charge is 0.103 e. The van der Waals surface area contributed by atoms with Gasteiger partial charge in [-0.1, -0.05) is 36.7 Å². The lowest BCUT2D eigenvalue weighted by molar-refractivity contribution is 0.665. The highest BCUT2D eigenvalue weighted by molar-refractivity contribution is 6.31. The monoisotopic (exact) mass is 278 g/mol. The number of nitrogens with two attached hydrogens (primary N) is 1. The van der Waals surface area contributed by atoms with Crippen LogP contribution in [0.2, 0.25) is 5.02 Å². The zero-order chi connectivity index (χ0) is 14.0. The van der Waals surface area contributed by atoms with Crippen LogP contribution in [0.25, 0.3) is 5.69 Å². The largest absolute Gasteiger partial charge is 0.323 e. The molecule has 1 aromatic carbocycles. The van der Waals surface area contributed by atoms with Gasteiger partial charge in [0, 0.05) is 5.02 Å². The first-order chi connectivity index (χ1) is 9.08. The van der Waals surface area contributed by atoms with Crippen molar-refractivity contribution in [2.45, 2.75) is 39.7 Å². The number of aromatic nitrogens is 3. The highest BCUT2D eigenvalue weighted by atomic mass is 35.5. The summed E-state index contributed by atoms with van der Waals surface area (Å²) in [5.41, 5.74) is 9.98. The van der Waals surface area contributed by atoms with Gasteiger partial charge >= 0.3 is 0 Å². The maximum absolute atomic E-state index is 6.17. The van der Waals surface area contributed by atoms with Crippen molar-refractivity contribution < 1.29 is 0 Å². The van der Waals surface area contributed by atoms with Gasteiger partial charge in [-0.15, -0.1) is 5.10 Å². The van der Waals surface area contributed by atoms with Gasteiger partial charge in [0.1, 0.15) is 5.69 Å². The Morgan fingerprint density at radius 3 is 2.68 bits per heavy atom. The minimum atomic E-state index is -0.0652. The first-order valence-corrected chi connectivity index (χ1v) is 6.92. The summed E-state index contributed by atoms with van der Waals surface area (Å²) in [5.74, 6) is 0. The van der Waals surface area contributed by atoms with Gasteiger partial charge in [-0.05, 0) is 37.5 Å². The second-order valence-corrected chi connectivity index (χ2v) is 5.04. The molecule has 5 heteroatoms. The highest BCUT2D eigenvalue weighted by Crippen LogP contribution is 2.23. The van der Waals surface area contributed by atoms with E-state index in [1.165, 1.54) is 0 Å². The lowest BCUT2D eigenvalue weighted by Gasteiger charge is -2.10. The van der Waals surface area contributed by atoms with E-state index in [0.29, 0.717) is 0 Å². The average Bonchev–Trinajstić information content (AvgIpc) is 2.84. The molecule has 0 saturated carbocycles. The van der Waals surface area contributed by atoms with Gasteiger partial charge in [-0.2, -0.15) is 0 Å². The van der Waals surface area contributed by atoms with E-state index in [4.69, 9.17) is 17.3 Å². The molecule has 2 aromatic rings. The summed E-state index contributed by atoms with van der Waals surface area (Å²) < 4.78 is 1.83. The van der Waals surface area contributed by atoms with Crippen LogP contribution in [-0.4, -0.2) is 15.0 Å². The Balaban J connectivity index is 2.50. The van der Waals surface area contributed by atoms with Crippen molar-refractivity contribution in [2.75, 3.05) is 0 Å². The van der Waals surface area contributed by atoms with Crippen molar-refractivity contribution in [3.63, 3.8) is 0 Å². The summed E-state index contributed by atoms with van der Waals surface area (Å²) in [6.45, 7) is 6.11. The Hall–Kier alpha value is -1.39. The summed E-state index contributed by atoms with van der Waals surface area (Å²) >= 11 is 6.17. The van der Waals surface area contributed by atoms with Crippen LogP contribution >= 0.6 is 11.6 Å². The number of rotatable bonds is 4. The van der Waals surface area contributed by atoms with Crippen LogP contribution in [0.3, 0.4) is 0 Å². The van der Waals surface area contributed by atoms with Crippen LogP contribution < -0.4 is 5.73 Å². The van der Waals surface area contributed by atoms with E-state index in [2.05, 4.69) is 17.2 Å². The van der Waals surface area contributed by atoms with Gasteiger partial charge in [-0.25, -0.2) is 4.68 Å². The molecule has 0 aliphatic heterocycles. The normalized spacial score (nSPS) is 12.7. The lowest BCUT2D eigenvalue weighted by Crippen LogP contribution is -2.12. The first kappa shape index (κ1) is 14.0. The molecule has 102 valence electrons. The molecule has 19 heavy (non-hydrogen) atoms. The predicted molar refractivity (Wildman–Crippen MR) is 77.7 cm³/mol. The number of hydrogen-bond donors (Lipinski definition) is 1. The standard InChI is InChI=1S/C14H19ClN4/c1-4-12(16)14-13(5-2)19(18-17-14)10-7-6-9(3)11(15)8-10/h6-8,12H,4-5,16H2,1-3H3. The Labute approximate surface area is 118 Å². The van der Waals surface area contributed by atoms with E-state index in [-0.39, 0.29) is 6.04 Å². The third-order valence-electron chi connectivity index (χ3n) is 3.32. The van der Waals surface area contributed by atoms with Crippen molar-refractivity contribution in [3.05, 3.63) is 40.2 Å². The zero-order valence-electron chi connectivity index (χ0n) is 11.5. The van der Waals surface area contributed by atoms with Crippen LogP contribution in [0.5, 0.6) is 0 Å². The van der Waals surface area contributed by atoms with Gasteiger partial charge in [0.05, 0.1) is 17.4 Å². The van der Waals surface area contributed by atoms with Crippen molar-refractivity contribution in [3.8, 4) is 5.69 Å². The van der Waals surface area contributed by atoms with E-state index in [1.807, 2.05) is 36.7 Å². The second kappa shape index (κ2) is 5.72. The molecule has 1 heterocycles. The maximum Gasteiger partial charge on any atom is 0.103 e. The molecule has 0 bridgehead atoms. The first-order valence-electron chi connectivity index (χ1n) is 6.55. The van der Waals surface area contributed by atoms with Crippen molar-refractivity contribution in [1.82, 2.24) is 15.0 Å². The fraction of sp³-hybridized carbons (Fsp3) is 0.429. The van der Waals surface area contributed by atoms with Crippen LogP contribution in [0.1, 0.15) is 43.3 Å². The van der Waals surface area contributed by atoms with Crippen LogP contribution in [0.4, 0.5) is 0 Å². The molecule has 0 fully saturated rings. The molecule has 0 saturated heterocycles.